The summed E-state index contributed by atoms with van der Waals surface area (Å²) in [5.74, 6) is -0.296. The van der Waals surface area contributed by atoms with Gasteiger partial charge in [0.05, 0.1) is 23.0 Å². The Morgan fingerprint density at radius 3 is 2.50 bits per heavy atom. The van der Waals surface area contributed by atoms with E-state index in [0.29, 0.717) is 4.88 Å². The molecule has 2 heterocycles. The van der Waals surface area contributed by atoms with Crippen LogP contribution in [0.2, 0.25) is 0 Å². The first kappa shape index (κ1) is 13.9. The molecule has 0 saturated carbocycles. The van der Waals surface area contributed by atoms with Crippen molar-refractivity contribution in [1.29, 1.82) is 0 Å². The zero-order valence-electron chi connectivity index (χ0n) is 9.44. The minimum absolute atomic E-state index is 0.0224. The third kappa shape index (κ3) is 2.59. The second kappa shape index (κ2) is 4.89. The van der Waals surface area contributed by atoms with Crippen LogP contribution in [-0.4, -0.2) is 50.8 Å². The summed E-state index contributed by atoms with van der Waals surface area (Å²) >= 11 is 1.17. The number of thiophene rings is 1. The highest BCUT2D eigenvalue weighted by molar-refractivity contribution is 7.92. The van der Waals surface area contributed by atoms with Crippen molar-refractivity contribution in [3.05, 3.63) is 16.3 Å². The second-order valence-electron chi connectivity index (χ2n) is 3.92. The molecule has 0 aromatic carbocycles. The van der Waals surface area contributed by atoms with Gasteiger partial charge in [-0.2, -0.15) is 4.31 Å². The minimum Gasteiger partial charge on any atom is -0.391 e. The Labute approximate surface area is 110 Å². The molecule has 6 nitrogen and oxygen atoms in total. The predicted octanol–water partition coefficient (Wildman–Crippen LogP) is -0.340. The van der Waals surface area contributed by atoms with Gasteiger partial charge in [0.25, 0.3) is 0 Å². The van der Waals surface area contributed by atoms with E-state index in [0.717, 1.165) is 4.31 Å². The fraction of sp³-hybridized carbons (Fsp3) is 0.556. The number of hydrogen-bond donors (Lipinski definition) is 1. The summed E-state index contributed by atoms with van der Waals surface area (Å²) in [6.07, 6.45) is 0. The fourth-order valence-electron chi connectivity index (χ4n) is 1.75. The Morgan fingerprint density at radius 1 is 1.33 bits per heavy atom. The van der Waals surface area contributed by atoms with E-state index < -0.39 is 19.9 Å². The van der Waals surface area contributed by atoms with Crippen LogP contribution >= 0.6 is 11.3 Å². The van der Waals surface area contributed by atoms with Gasteiger partial charge in [-0.05, 0) is 11.4 Å². The number of rotatable bonds is 3. The lowest BCUT2D eigenvalue weighted by Gasteiger charge is -2.25. The van der Waals surface area contributed by atoms with Crippen LogP contribution in [0.1, 0.15) is 4.88 Å². The van der Waals surface area contributed by atoms with Crippen LogP contribution in [-0.2, 0) is 26.5 Å². The maximum Gasteiger partial charge on any atom is 0.244 e. The Balaban J connectivity index is 2.28. The van der Waals surface area contributed by atoms with Gasteiger partial charge in [0.1, 0.15) is 0 Å². The first-order chi connectivity index (χ1) is 8.37. The van der Waals surface area contributed by atoms with E-state index in [9.17, 15) is 16.8 Å². The number of aliphatic hydroxyl groups is 1. The summed E-state index contributed by atoms with van der Waals surface area (Å²) in [4.78, 5) is 0.456. The molecule has 1 N–H and O–H groups in total. The molecule has 1 aromatic heterocycles. The minimum atomic E-state index is -3.69. The van der Waals surface area contributed by atoms with E-state index in [1.165, 1.54) is 17.4 Å². The first-order valence-electron chi connectivity index (χ1n) is 5.24. The van der Waals surface area contributed by atoms with Crippen LogP contribution in [0.25, 0.3) is 0 Å². The molecular formula is C9H13NO5S3. The summed E-state index contributed by atoms with van der Waals surface area (Å²) in [6.45, 7) is -0.380. The number of aliphatic hydroxyl groups excluding tert-OH is 1. The monoisotopic (exact) mass is 311 g/mol. The lowest BCUT2D eigenvalue weighted by atomic mass is 10.5. The molecule has 1 fully saturated rings. The van der Waals surface area contributed by atoms with Gasteiger partial charge in [0, 0.05) is 18.0 Å². The molecule has 0 atom stereocenters. The van der Waals surface area contributed by atoms with Crippen molar-refractivity contribution in [2.75, 3.05) is 24.6 Å². The Hall–Kier alpha value is -0.480. The summed E-state index contributed by atoms with van der Waals surface area (Å²) in [5.41, 5.74) is 0. The number of sulfonamides is 1. The van der Waals surface area contributed by atoms with Gasteiger partial charge < -0.3 is 5.11 Å². The lowest BCUT2D eigenvalue weighted by molar-refractivity contribution is 0.282. The highest BCUT2D eigenvalue weighted by Crippen LogP contribution is 2.26. The van der Waals surface area contributed by atoms with Crippen molar-refractivity contribution in [3.63, 3.8) is 0 Å². The van der Waals surface area contributed by atoms with Crippen LogP contribution < -0.4 is 0 Å². The molecule has 0 radical (unpaired) electrons. The van der Waals surface area contributed by atoms with Crippen molar-refractivity contribution in [1.82, 2.24) is 4.31 Å². The molecule has 0 amide bonds. The van der Waals surface area contributed by atoms with Crippen LogP contribution in [0.15, 0.2) is 16.3 Å². The van der Waals surface area contributed by atoms with Gasteiger partial charge in [-0.1, -0.05) is 0 Å². The van der Waals surface area contributed by atoms with Crippen LogP contribution in [0.5, 0.6) is 0 Å². The molecule has 1 saturated heterocycles. The average Bonchev–Trinajstić information content (AvgIpc) is 2.77. The van der Waals surface area contributed by atoms with Crippen molar-refractivity contribution in [2.45, 2.75) is 11.5 Å². The third-order valence-corrected chi connectivity index (χ3v) is 7.40. The first-order valence-corrected chi connectivity index (χ1v) is 9.39. The SMILES string of the molecule is O=S1(=O)CCN(S(=O)(=O)c2ccsc2CO)CC1. The van der Waals surface area contributed by atoms with Gasteiger partial charge in [0.2, 0.25) is 10.0 Å². The van der Waals surface area contributed by atoms with Gasteiger partial charge in [-0.15, -0.1) is 11.3 Å². The molecule has 0 spiro atoms. The average molecular weight is 311 g/mol. The molecule has 1 aliphatic rings. The van der Waals surface area contributed by atoms with Crippen molar-refractivity contribution in [3.8, 4) is 0 Å². The summed E-state index contributed by atoms with van der Waals surface area (Å²) < 4.78 is 48.2. The highest BCUT2D eigenvalue weighted by atomic mass is 32.2. The number of sulfone groups is 1. The maximum absolute atomic E-state index is 12.3. The molecule has 9 heteroatoms. The normalized spacial score (nSPS) is 20.9. The predicted molar refractivity (Wildman–Crippen MR) is 67.7 cm³/mol. The van der Waals surface area contributed by atoms with Crippen molar-refractivity contribution in [2.24, 2.45) is 0 Å². The van der Waals surface area contributed by atoms with Crippen LogP contribution in [0.4, 0.5) is 0 Å². The largest absolute Gasteiger partial charge is 0.391 e. The topological polar surface area (TPSA) is 91.8 Å². The molecular weight excluding hydrogens is 298 g/mol. The van der Waals surface area contributed by atoms with Gasteiger partial charge in [0.15, 0.2) is 9.84 Å². The van der Waals surface area contributed by atoms with Crippen LogP contribution in [0, 0.1) is 0 Å². The standard InChI is InChI=1S/C9H13NO5S3/c11-7-8-9(1-4-16-8)18(14,15)10-2-5-17(12,13)6-3-10/h1,4,11H,2-3,5-7H2. The maximum atomic E-state index is 12.3. The molecule has 1 aromatic rings. The fourth-order valence-corrected chi connectivity index (χ4v) is 5.89. The molecule has 0 unspecified atom stereocenters. The van der Waals surface area contributed by atoms with Crippen LogP contribution in [0.3, 0.4) is 0 Å². The molecule has 0 aliphatic carbocycles. The van der Waals surface area contributed by atoms with Crippen molar-refractivity contribution >= 4 is 31.2 Å². The van der Waals surface area contributed by atoms with E-state index in [1.54, 1.807) is 5.38 Å². The van der Waals surface area contributed by atoms with Crippen molar-refractivity contribution < 1.29 is 21.9 Å². The van der Waals surface area contributed by atoms with Gasteiger partial charge in [-0.3, -0.25) is 0 Å². The second-order valence-corrected chi connectivity index (χ2v) is 9.13. The van der Waals surface area contributed by atoms with E-state index >= 15 is 0 Å². The third-order valence-electron chi connectivity index (χ3n) is 2.77. The van der Waals surface area contributed by atoms with E-state index in [1.807, 2.05) is 0 Å². The van der Waals surface area contributed by atoms with Gasteiger partial charge >= 0.3 is 0 Å². The molecule has 102 valence electrons. The Bertz CT molecular complexity index is 617. The quantitative estimate of drug-likeness (QED) is 0.824. The highest BCUT2D eigenvalue weighted by Gasteiger charge is 2.32. The summed E-state index contributed by atoms with van der Waals surface area (Å²) in [7, 11) is -6.81. The Morgan fingerprint density at radius 2 is 1.94 bits per heavy atom. The van der Waals surface area contributed by atoms with E-state index in [4.69, 9.17) is 5.11 Å². The molecule has 1 aliphatic heterocycles. The summed E-state index contributed by atoms with van der Waals surface area (Å²) in [5, 5.41) is 10.7. The molecule has 18 heavy (non-hydrogen) atoms. The summed E-state index contributed by atoms with van der Waals surface area (Å²) in [6, 6.07) is 1.44. The Kier molecular flexibility index (Phi) is 3.79. The number of hydrogen-bond acceptors (Lipinski definition) is 6. The van der Waals surface area contributed by atoms with Gasteiger partial charge in [-0.25, -0.2) is 16.8 Å². The number of nitrogens with zero attached hydrogens (tertiary/aromatic N) is 1. The zero-order valence-corrected chi connectivity index (χ0v) is 11.9. The molecule has 0 bridgehead atoms. The zero-order chi connectivity index (χ0) is 13.4. The van der Waals surface area contributed by atoms with E-state index in [2.05, 4.69) is 0 Å². The smallest absolute Gasteiger partial charge is 0.244 e. The molecule has 2 rings (SSSR count). The lowest BCUT2D eigenvalue weighted by Crippen LogP contribution is -2.43. The van der Waals surface area contributed by atoms with E-state index in [-0.39, 0.29) is 36.1 Å².